The summed E-state index contributed by atoms with van der Waals surface area (Å²) in [7, 11) is 2.13. The Hall–Kier alpha value is -1.16. The number of rotatable bonds is 5. The quantitative estimate of drug-likeness (QED) is 0.885. The Morgan fingerprint density at radius 2 is 2.05 bits per heavy atom. The first-order valence-corrected chi connectivity index (χ1v) is 7.48. The first-order chi connectivity index (χ1) is 9.22. The van der Waals surface area contributed by atoms with Gasteiger partial charge in [-0.2, -0.15) is 0 Å². The summed E-state index contributed by atoms with van der Waals surface area (Å²) in [5.41, 5.74) is 2.29. The molecule has 1 aliphatic rings. The lowest BCUT2D eigenvalue weighted by atomic mass is 9.95. The molecule has 0 radical (unpaired) electrons. The van der Waals surface area contributed by atoms with E-state index in [0.717, 1.165) is 24.7 Å². The molecule has 0 amide bonds. The molecule has 0 spiro atoms. The Kier molecular flexibility index (Phi) is 5.14. The Balaban J connectivity index is 2.05. The first kappa shape index (κ1) is 14.3. The summed E-state index contributed by atoms with van der Waals surface area (Å²) < 4.78 is 0. The molecule has 1 heterocycles. The van der Waals surface area contributed by atoms with Crippen molar-refractivity contribution in [2.75, 3.05) is 18.5 Å². The van der Waals surface area contributed by atoms with Crippen LogP contribution in [-0.4, -0.2) is 29.6 Å². The van der Waals surface area contributed by atoms with E-state index in [9.17, 15) is 0 Å². The van der Waals surface area contributed by atoms with Gasteiger partial charge < -0.3 is 10.2 Å². The molecule has 4 heteroatoms. The van der Waals surface area contributed by atoms with Crippen molar-refractivity contribution in [2.24, 2.45) is 0 Å². The third kappa shape index (κ3) is 3.66. The minimum absolute atomic E-state index is 0.618. The molecule has 19 heavy (non-hydrogen) atoms. The van der Waals surface area contributed by atoms with Gasteiger partial charge in [0.2, 0.25) is 5.95 Å². The fourth-order valence-corrected chi connectivity index (χ4v) is 2.71. The average Bonchev–Trinajstić information content (AvgIpc) is 2.46. The molecule has 0 atom stereocenters. The molecule has 106 valence electrons. The van der Waals surface area contributed by atoms with Crippen molar-refractivity contribution in [1.82, 2.24) is 15.3 Å². The summed E-state index contributed by atoms with van der Waals surface area (Å²) in [6, 6.07) is 0.618. The van der Waals surface area contributed by atoms with Gasteiger partial charge in [0.05, 0.1) is 0 Å². The molecule has 1 fully saturated rings. The number of hydrogen-bond acceptors (Lipinski definition) is 4. The van der Waals surface area contributed by atoms with Crippen molar-refractivity contribution in [3.63, 3.8) is 0 Å². The second-order valence-corrected chi connectivity index (χ2v) is 5.46. The molecule has 0 unspecified atom stereocenters. The van der Waals surface area contributed by atoms with Crippen LogP contribution >= 0.6 is 0 Å². The predicted molar refractivity (Wildman–Crippen MR) is 79.4 cm³/mol. The second kappa shape index (κ2) is 6.85. The highest BCUT2D eigenvalue weighted by atomic mass is 15.3. The van der Waals surface area contributed by atoms with E-state index in [-0.39, 0.29) is 0 Å². The lowest BCUT2D eigenvalue weighted by Crippen LogP contribution is -2.34. The van der Waals surface area contributed by atoms with Crippen LogP contribution in [0.4, 0.5) is 5.95 Å². The van der Waals surface area contributed by atoms with Crippen LogP contribution in [0.3, 0.4) is 0 Å². The monoisotopic (exact) mass is 262 g/mol. The van der Waals surface area contributed by atoms with Gasteiger partial charge in [-0.1, -0.05) is 26.2 Å². The van der Waals surface area contributed by atoms with Crippen molar-refractivity contribution in [3.8, 4) is 0 Å². The molecule has 1 aromatic heterocycles. The van der Waals surface area contributed by atoms with Crippen LogP contribution in [-0.2, 0) is 6.54 Å². The number of hydrogen-bond donors (Lipinski definition) is 1. The molecular formula is C15H26N4. The zero-order valence-electron chi connectivity index (χ0n) is 12.4. The molecule has 1 aliphatic carbocycles. The largest absolute Gasteiger partial charge is 0.341 e. The van der Waals surface area contributed by atoms with E-state index in [0.29, 0.717) is 6.04 Å². The van der Waals surface area contributed by atoms with Gasteiger partial charge in [-0.25, -0.2) is 9.97 Å². The summed E-state index contributed by atoms with van der Waals surface area (Å²) >= 11 is 0. The average molecular weight is 262 g/mol. The van der Waals surface area contributed by atoms with E-state index in [2.05, 4.69) is 41.1 Å². The number of aromatic nitrogens is 2. The Labute approximate surface area is 116 Å². The molecule has 0 saturated heterocycles. The Morgan fingerprint density at radius 3 is 2.68 bits per heavy atom. The van der Waals surface area contributed by atoms with Crippen LogP contribution in [0.1, 0.15) is 50.3 Å². The Morgan fingerprint density at radius 1 is 1.32 bits per heavy atom. The van der Waals surface area contributed by atoms with Crippen LogP contribution < -0.4 is 10.2 Å². The summed E-state index contributed by atoms with van der Waals surface area (Å²) in [4.78, 5) is 11.5. The number of anilines is 1. The van der Waals surface area contributed by atoms with Crippen molar-refractivity contribution in [1.29, 1.82) is 0 Å². The standard InChI is InChI=1S/C15H26N4/c1-4-16-10-13-11-17-15(18-12(13)2)19(3)14-8-6-5-7-9-14/h11,14,16H,4-10H2,1-3H3. The van der Waals surface area contributed by atoms with Crippen LogP contribution in [0.2, 0.25) is 0 Å². The summed E-state index contributed by atoms with van der Waals surface area (Å²) in [5, 5.41) is 3.32. The van der Waals surface area contributed by atoms with Gasteiger partial charge >= 0.3 is 0 Å². The molecule has 4 nitrogen and oxygen atoms in total. The highest BCUT2D eigenvalue weighted by Crippen LogP contribution is 2.24. The highest BCUT2D eigenvalue weighted by molar-refractivity contribution is 5.33. The van der Waals surface area contributed by atoms with Crippen LogP contribution in [0, 0.1) is 6.92 Å². The van der Waals surface area contributed by atoms with Gasteiger partial charge in [0.25, 0.3) is 0 Å². The molecule has 0 aliphatic heterocycles. The minimum atomic E-state index is 0.618. The molecule has 2 rings (SSSR count). The number of nitrogens with one attached hydrogen (secondary N) is 1. The molecule has 0 aromatic carbocycles. The smallest absolute Gasteiger partial charge is 0.225 e. The van der Waals surface area contributed by atoms with Gasteiger partial charge in [0, 0.05) is 37.1 Å². The fourth-order valence-electron chi connectivity index (χ4n) is 2.71. The Bertz CT molecular complexity index is 399. The van der Waals surface area contributed by atoms with E-state index in [1.54, 1.807) is 0 Å². The lowest BCUT2D eigenvalue weighted by Gasteiger charge is -2.31. The van der Waals surface area contributed by atoms with Crippen molar-refractivity contribution in [2.45, 2.75) is 58.5 Å². The van der Waals surface area contributed by atoms with Crippen molar-refractivity contribution >= 4 is 5.95 Å². The van der Waals surface area contributed by atoms with Gasteiger partial charge in [0.1, 0.15) is 0 Å². The summed E-state index contributed by atoms with van der Waals surface area (Å²) in [6.45, 7) is 6.02. The predicted octanol–water partition coefficient (Wildman–Crippen LogP) is 2.66. The van der Waals surface area contributed by atoms with Crippen LogP contribution in [0.5, 0.6) is 0 Å². The van der Waals surface area contributed by atoms with Crippen LogP contribution in [0.15, 0.2) is 6.20 Å². The van der Waals surface area contributed by atoms with E-state index < -0.39 is 0 Å². The second-order valence-electron chi connectivity index (χ2n) is 5.46. The van der Waals surface area contributed by atoms with Gasteiger partial charge in [-0.15, -0.1) is 0 Å². The van der Waals surface area contributed by atoms with E-state index in [1.807, 2.05) is 6.20 Å². The minimum Gasteiger partial charge on any atom is -0.341 e. The maximum atomic E-state index is 4.68. The first-order valence-electron chi connectivity index (χ1n) is 7.48. The maximum absolute atomic E-state index is 4.68. The molecular weight excluding hydrogens is 236 g/mol. The summed E-state index contributed by atoms with van der Waals surface area (Å²) in [5.74, 6) is 0.879. The van der Waals surface area contributed by atoms with Gasteiger partial charge in [-0.3, -0.25) is 0 Å². The molecule has 1 saturated carbocycles. The lowest BCUT2D eigenvalue weighted by molar-refractivity contribution is 0.424. The number of aryl methyl sites for hydroxylation is 1. The molecule has 1 aromatic rings. The van der Waals surface area contributed by atoms with Gasteiger partial charge in [0.15, 0.2) is 0 Å². The zero-order valence-corrected chi connectivity index (χ0v) is 12.4. The SMILES string of the molecule is CCNCc1cnc(N(C)C2CCCCC2)nc1C. The topological polar surface area (TPSA) is 41.1 Å². The molecule has 1 N–H and O–H groups in total. The maximum Gasteiger partial charge on any atom is 0.225 e. The van der Waals surface area contributed by atoms with E-state index in [1.165, 1.54) is 37.7 Å². The van der Waals surface area contributed by atoms with Crippen LogP contribution in [0.25, 0.3) is 0 Å². The number of nitrogens with zero attached hydrogens (tertiary/aromatic N) is 3. The van der Waals surface area contributed by atoms with E-state index in [4.69, 9.17) is 0 Å². The highest BCUT2D eigenvalue weighted by Gasteiger charge is 2.20. The molecule has 0 bridgehead atoms. The third-order valence-corrected chi connectivity index (χ3v) is 4.07. The van der Waals surface area contributed by atoms with Crippen molar-refractivity contribution in [3.05, 3.63) is 17.5 Å². The van der Waals surface area contributed by atoms with E-state index >= 15 is 0 Å². The van der Waals surface area contributed by atoms with Crippen molar-refractivity contribution < 1.29 is 0 Å². The van der Waals surface area contributed by atoms with Gasteiger partial charge in [-0.05, 0) is 26.3 Å². The normalized spacial score (nSPS) is 16.6. The third-order valence-electron chi connectivity index (χ3n) is 4.07. The fraction of sp³-hybridized carbons (Fsp3) is 0.733. The zero-order chi connectivity index (χ0) is 13.7. The summed E-state index contributed by atoms with van der Waals surface area (Å²) in [6.07, 6.45) is 8.58.